The second-order valence-corrected chi connectivity index (χ2v) is 12.2. The molecule has 174 valence electrons. The summed E-state index contributed by atoms with van der Waals surface area (Å²) in [4.78, 5) is 38.8. The molecule has 3 aliphatic rings. The largest absolute Gasteiger partial charge is 0.426 e. The zero-order chi connectivity index (χ0) is 22.9. The van der Waals surface area contributed by atoms with Gasteiger partial charge < -0.3 is 19.3 Å². The lowest BCUT2D eigenvalue weighted by Gasteiger charge is -2.43. The molecule has 0 saturated carbocycles. The molecule has 0 unspecified atom stereocenters. The number of aliphatic hydroxyl groups is 1. The van der Waals surface area contributed by atoms with Crippen LogP contribution in [0.25, 0.3) is 0 Å². The number of β-lactam (4-membered cyclic amide) rings is 1. The van der Waals surface area contributed by atoms with Crippen molar-refractivity contribution in [2.45, 2.75) is 56.4 Å². The predicted molar refractivity (Wildman–Crippen MR) is 117 cm³/mol. The van der Waals surface area contributed by atoms with E-state index in [9.17, 15) is 23.7 Å². The van der Waals surface area contributed by atoms with Crippen LogP contribution >= 0.6 is 23.5 Å². The minimum absolute atomic E-state index is 0.0785. The van der Waals surface area contributed by atoms with Crippen molar-refractivity contribution < 1.29 is 37.9 Å². The number of fused-ring (bicyclic) bond motifs is 1. The van der Waals surface area contributed by atoms with Gasteiger partial charge in [0.1, 0.15) is 5.37 Å². The van der Waals surface area contributed by atoms with Gasteiger partial charge in [0.2, 0.25) is 12.7 Å². The fourth-order valence-electron chi connectivity index (χ4n) is 3.50. The number of carbonyl (C=O) groups is 3. The van der Waals surface area contributed by atoms with E-state index in [1.54, 1.807) is 27.7 Å². The van der Waals surface area contributed by atoms with Crippen molar-refractivity contribution in [1.82, 2.24) is 4.90 Å². The highest BCUT2D eigenvalue weighted by Crippen LogP contribution is 2.55. The maximum absolute atomic E-state index is 12.8. The lowest BCUT2D eigenvalue weighted by molar-refractivity contribution is -0.183. The Balaban J connectivity index is 1.69. The molecule has 1 N–H and O–H groups in total. The molecule has 2 saturated heterocycles. The van der Waals surface area contributed by atoms with Gasteiger partial charge in [-0.1, -0.05) is 11.8 Å². The molecule has 3 heterocycles. The molecule has 9 nitrogen and oxygen atoms in total. The van der Waals surface area contributed by atoms with Crippen molar-refractivity contribution >= 4 is 52.2 Å². The van der Waals surface area contributed by atoms with Gasteiger partial charge >= 0.3 is 11.9 Å². The van der Waals surface area contributed by atoms with Gasteiger partial charge in [0, 0.05) is 34.2 Å². The fraction of sp³-hybridized carbons (Fsp3) is 0.737. The Hall–Kier alpha value is -1.08. The number of esters is 2. The Labute approximate surface area is 192 Å². The van der Waals surface area contributed by atoms with Crippen LogP contribution in [-0.4, -0.2) is 79.3 Å². The molecule has 31 heavy (non-hydrogen) atoms. The number of carbonyl (C=O) groups excluding carboxylic acids is 3. The molecule has 0 aliphatic carbocycles. The average Bonchev–Trinajstić information content (AvgIpc) is 3.22. The fourth-order valence-corrected chi connectivity index (χ4v) is 8.75. The summed E-state index contributed by atoms with van der Waals surface area (Å²) in [5.41, 5.74) is -1.08. The van der Waals surface area contributed by atoms with Crippen LogP contribution in [0, 0.1) is 5.92 Å². The van der Waals surface area contributed by atoms with Crippen LogP contribution in [-0.2, 0) is 39.4 Å². The summed E-state index contributed by atoms with van der Waals surface area (Å²) in [7, 11) is -0.877. The standard InChI is InChI=1S/C19H27NO8S3/c1-5-28-19(3,4)18(24)27-9-26-16(23)13-17(29-11-6-7-31(25)8-11)30-15-12(10(2)21)14(22)20(13)15/h10-12,15,21H,5-9H2,1-4H3/t10-,11+,12+,15-,31-/m1/s1. The highest BCUT2D eigenvalue weighted by molar-refractivity contribution is 8.23. The van der Waals surface area contributed by atoms with E-state index in [0.717, 1.165) is 6.42 Å². The van der Waals surface area contributed by atoms with Crippen molar-refractivity contribution in [3.05, 3.63) is 9.93 Å². The zero-order valence-electron chi connectivity index (χ0n) is 17.8. The van der Waals surface area contributed by atoms with Gasteiger partial charge in [0.25, 0.3) is 0 Å². The van der Waals surface area contributed by atoms with Gasteiger partial charge in [0.15, 0.2) is 11.3 Å². The van der Waals surface area contributed by atoms with E-state index in [4.69, 9.17) is 14.2 Å². The number of thioether (sulfide) groups is 2. The van der Waals surface area contributed by atoms with E-state index in [1.807, 2.05) is 0 Å². The van der Waals surface area contributed by atoms with Crippen molar-refractivity contribution in [2.24, 2.45) is 5.92 Å². The summed E-state index contributed by atoms with van der Waals surface area (Å²) in [5, 5.41) is 9.62. The number of rotatable bonds is 9. The molecule has 3 rings (SSSR count). The number of aliphatic hydroxyl groups excluding tert-OH is 1. The molecule has 0 bridgehead atoms. The van der Waals surface area contributed by atoms with Crippen molar-refractivity contribution in [1.29, 1.82) is 0 Å². The Kier molecular flexibility index (Phi) is 7.78. The van der Waals surface area contributed by atoms with Crippen LogP contribution in [0.5, 0.6) is 0 Å². The van der Waals surface area contributed by atoms with Gasteiger partial charge in [0.05, 0.1) is 16.3 Å². The molecule has 0 aromatic rings. The van der Waals surface area contributed by atoms with Crippen molar-refractivity contribution in [2.75, 3.05) is 24.9 Å². The number of amides is 1. The first-order valence-electron chi connectivity index (χ1n) is 9.98. The number of hydrogen-bond acceptors (Lipinski definition) is 10. The third kappa shape index (κ3) is 5.13. The molecule has 1 amide bonds. The number of nitrogens with zero attached hydrogens (tertiary/aromatic N) is 1. The SMILES string of the molecule is CCOC(C)(C)C(=O)OCOC(=O)C1=C(S[C@H]2CC[S@@](=O)C2)S[C@@H]2[C@@H]([C@@H](C)O)C(=O)N12. The first-order valence-corrected chi connectivity index (χ1v) is 13.2. The minimum atomic E-state index is -1.17. The van der Waals surface area contributed by atoms with Crippen molar-refractivity contribution in [3.63, 3.8) is 0 Å². The first-order chi connectivity index (χ1) is 14.6. The monoisotopic (exact) mass is 493 g/mol. The molecule has 2 fully saturated rings. The van der Waals surface area contributed by atoms with E-state index in [0.29, 0.717) is 22.3 Å². The van der Waals surface area contributed by atoms with E-state index in [2.05, 4.69) is 0 Å². The Bertz CT molecular complexity index is 812. The summed E-state index contributed by atoms with van der Waals surface area (Å²) >= 11 is 2.75. The van der Waals surface area contributed by atoms with Crippen LogP contribution in [0.4, 0.5) is 0 Å². The van der Waals surface area contributed by atoms with Gasteiger partial charge in [-0.15, -0.1) is 11.8 Å². The molecule has 5 atom stereocenters. The average molecular weight is 494 g/mol. The lowest BCUT2D eigenvalue weighted by Crippen LogP contribution is -2.60. The Morgan fingerprint density at radius 3 is 2.68 bits per heavy atom. The van der Waals surface area contributed by atoms with Crippen LogP contribution in [0.3, 0.4) is 0 Å². The van der Waals surface area contributed by atoms with Crippen LogP contribution < -0.4 is 0 Å². The molecule has 0 aromatic heterocycles. The van der Waals surface area contributed by atoms with Gasteiger partial charge in [-0.25, -0.2) is 9.59 Å². The van der Waals surface area contributed by atoms with Crippen LogP contribution in [0.1, 0.15) is 34.1 Å². The van der Waals surface area contributed by atoms with Gasteiger partial charge in [-0.3, -0.25) is 13.9 Å². The van der Waals surface area contributed by atoms with Crippen LogP contribution in [0.15, 0.2) is 9.93 Å². The molecule has 3 aliphatic heterocycles. The Morgan fingerprint density at radius 2 is 2.10 bits per heavy atom. The lowest BCUT2D eigenvalue weighted by atomic mass is 9.92. The second-order valence-electron chi connectivity index (χ2n) is 7.88. The highest BCUT2D eigenvalue weighted by atomic mass is 32.2. The molecule has 0 radical (unpaired) electrons. The number of ether oxygens (including phenoxy) is 3. The smallest absolute Gasteiger partial charge is 0.359 e. The van der Waals surface area contributed by atoms with Gasteiger partial charge in [-0.2, -0.15) is 0 Å². The summed E-state index contributed by atoms with van der Waals surface area (Å²) in [6, 6.07) is 0. The summed E-state index contributed by atoms with van der Waals surface area (Å²) in [5.74, 6) is -1.26. The zero-order valence-corrected chi connectivity index (χ0v) is 20.3. The maximum atomic E-state index is 12.8. The molecule has 0 aromatic carbocycles. The predicted octanol–water partition coefficient (Wildman–Crippen LogP) is 1.18. The van der Waals surface area contributed by atoms with E-state index >= 15 is 0 Å². The second kappa shape index (κ2) is 9.82. The molecule has 0 spiro atoms. The van der Waals surface area contributed by atoms with E-state index < -0.39 is 47.2 Å². The van der Waals surface area contributed by atoms with Crippen LogP contribution in [0.2, 0.25) is 0 Å². The van der Waals surface area contributed by atoms with Crippen molar-refractivity contribution in [3.8, 4) is 0 Å². The normalized spacial score (nSPS) is 28.9. The first kappa shape index (κ1) is 24.6. The summed E-state index contributed by atoms with van der Waals surface area (Å²) in [6.45, 7) is 6.11. The van der Waals surface area contributed by atoms with E-state index in [1.165, 1.54) is 28.4 Å². The Morgan fingerprint density at radius 1 is 1.39 bits per heavy atom. The topological polar surface area (TPSA) is 119 Å². The summed E-state index contributed by atoms with van der Waals surface area (Å²) in [6.07, 6.45) is -0.0877. The molecular weight excluding hydrogens is 466 g/mol. The third-order valence-electron chi connectivity index (χ3n) is 5.15. The quantitative estimate of drug-likeness (QED) is 0.285. The maximum Gasteiger partial charge on any atom is 0.359 e. The number of hydrogen-bond donors (Lipinski definition) is 1. The van der Waals surface area contributed by atoms with E-state index in [-0.39, 0.29) is 22.2 Å². The summed E-state index contributed by atoms with van der Waals surface area (Å²) < 4.78 is 27.8. The minimum Gasteiger partial charge on any atom is -0.426 e. The molecular formula is C19H27NO8S3. The highest BCUT2D eigenvalue weighted by Gasteiger charge is 2.58. The third-order valence-corrected chi connectivity index (χ3v) is 9.70. The molecule has 12 heteroatoms. The van der Waals surface area contributed by atoms with Gasteiger partial charge in [-0.05, 0) is 34.1 Å².